The van der Waals surface area contributed by atoms with Crippen LogP contribution in [0.15, 0.2) is 42.5 Å². The molecule has 2 aromatic carbocycles. The van der Waals surface area contributed by atoms with Gasteiger partial charge < -0.3 is 19.3 Å². The van der Waals surface area contributed by atoms with Crippen molar-refractivity contribution in [3.05, 3.63) is 53.6 Å². The SMILES string of the molecule is Cc1ccccc1C(O)COc1ccc2c(c1)OCCCO2. The van der Waals surface area contributed by atoms with Crippen LogP contribution in [0, 0.1) is 6.92 Å². The van der Waals surface area contributed by atoms with Gasteiger partial charge in [-0.3, -0.25) is 0 Å². The minimum absolute atomic E-state index is 0.199. The fourth-order valence-corrected chi connectivity index (χ4v) is 2.46. The lowest BCUT2D eigenvalue weighted by Gasteiger charge is -2.15. The smallest absolute Gasteiger partial charge is 0.164 e. The lowest BCUT2D eigenvalue weighted by Crippen LogP contribution is -2.11. The normalized spacial score (nSPS) is 15.0. The molecule has 0 saturated heterocycles. The van der Waals surface area contributed by atoms with Gasteiger partial charge in [-0.25, -0.2) is 0 Å². The third-order valence-corrected chi connectivity index (χ3v) is 3.67. The molecule has 0 aliphatic carbocycles. The molecule has 0 radical (unpaired) electrons. The van der Waals surface area contributed by atoms with Crippen LogP contribution >= 0.6 is 0 Å². The van der Waals surface area contributed by atoms with E-state index in [1.165, 1.54) is 0 Å². The maximum Gasteiger partial charge on any atom is 0.164 e. The van der Waals surface area contributed by atoms with Gasteiger partial charge in [-0.1, -0.05) is 24.3 Å². The first kappa shape index (κ1) is 14.7. The van der Waals surface area contributed by atoms with E-state index in [4.69, 9.17) is 14.2 Å². The highest BCUT2D eigenvalue weighted by atomic mass is 16.5. The molecule has 0 saturated carbocycles. The molecule has 1 aliphatic rings. The third-order valence-electron chi connectivity index (χ3n) is 3.67. The molecule has 3 rings (SSSR count). The summed E-state index contributed by atoms with van der Waals surface area (Å²) >= 11 is 0. The maximum absolute atomic E-state index is 10.3. The first-order chi connectivity index (χ1) is 10.7. The molecule has 0 fully saturated rings. The predicted molar refractivity (Wildman–Crippen MR) is 83.7 cm³/mol. The van der Waals surface area contributed by atoms with E-state index in [9.17, 15) is 5.11 Å². The van der Waals surface area contributed by atoms with Gasteiger partial charge in [0, 0.05) is 12.5 Å². The number of aliphatic hydroxyl groups excluding tert-OH is 1. The molecule has 2 aromatic rings. The minimum Gasteiger partial charge on any atom is -0.490 e. The Bertz CT molecular complexity index is 639. The Labute approximate surface area is 130 Å². The van der Waals surface area contributed by atoms with E-state index in [0.29, 0.717) is 24.7 Å². The fourth-order valence-electron chi connectivity index (χ4n) is 2.46. The molecule has 0 aromatic heterocycles. The number of benzene rings is 2. The summed E-state index contributed by atoms with van der Waals surface area (Å²) < 4.78 is 16.9. The van der Waals surface area contributed by atoms with Crippen LogP contribution in [0.3, 0.4) is 0 Å². The molecular formula is C18H20O4. The predicted octanol–water partition coefficient (Wildman–Crippen LogP) is 3.27. The molecule has 4 heteroatoms. The highest BCUT2D eigenvalue weighted by Gasteiger charge is 2.14. The second-order valence-electron chi connectivity index (χ2n) is 5.34. The van der Waals surface area contributed by atoms with E-state index in [1.54, 1.807) is 0 Å². The van der Waals surface area contributed by atoms with Crippen molar-refractivity contribution >= 4 is 0 Å². The van der Waals surface area contributed by atoms with Gasteiger partial charge >= 0.3 is 0 Å². The lowest BCUT2D eigenvalue weighted by molar-refractivity contribution is 0.107. The Kier molecular flexibility index (Phi) is 4.49. The zero-order valence-corrected chi connectivity index (χ0v) is 12.6. The van der Waals surface area contributed by atoms with Gasteiger partial charge in [0.2, 0.25) is 0 Å². The van der Waals surface area contributed by atoms with E-state index < -0.39 is 6.10 Å². The molecule has 116 valence electrons. The summed E-state index contributed by atoms with van der Waals surface area (Å²) in [7, 11) is 0. The van der Waals surface area contributed by atoms with Crippen LogP contribution in [0.5, 0.6) is 17.2 Å². The number of ether oxygens (including phenoxy) is 3. The van der Waals surface area contributed by atoms with Crippen molar-refractivity contribution in [2.24, 2.45) is 0 Å². The van der Waals surface area contributed by atoms with Crippen LogP contribution in [0.2, 0.25) is 0 Å². The Hall–Kier alpha value is -2.20. The molecule has 1 heterocycles. The van der Waals surface area contributed by atoms with Gasteiger partial charge in [-0.05, 0) is 30.2 Å². The highest BCUT2D eigenvalue weighted by molar-refractivity contribution is 5.46. The van der Waals surface area contributed by atoms with Crippen molar-refractivity contribution in [2.75, 3.05) is 19.8 Å². The van der Waals surface area contributed by atoms with Gasteiger partial charge in [-0.2, -0.15) is 0 Å². The van der Waals surface area contributed by atoms with Crippen molar-refractivity contribution in [3.63, 3.8) is 0 Å². The Morgan fingerprint density at radius 1 is 1.09 bits per heavy atom. The molecule has 4 nitrogen and oxygen atoms in total. The number of aryl methyl sites for hydroxylation is 1. The van der Waals surface area contributed by atoms with E-state index in [1.807, 2.05) is 49.4 Å². The van der Waals surface area contributed by atoms with Gasteiger partial charge in [0.05, 0.1) is 13.2 Å². The fraction of sp³-hybridized carbons (Fsp3) is 0.333. The van der Waals surface area contributed by atoms with Crippen LogP contribution in [-0.2, 0) is 0 Å². The monoisotopic (exact) mass is 300 g/mol. The molecule has 1 N–H and O–H groups in total. The van der Waals surface area contributed by atoms with E-state index in [-0.39, 0.29) is 6.61 Å². The molecule has 0 spiro atoms. The Balaban J connectivity index is 1.66. The van der Waals surface area contributed by atoms with Crippen LogP contribution in [-0.4, -0.2) is 24.9 Å². The Morgan fingerprint density at radius 3 is 2.68 bits per heavy atom. The first-order valence-corrected chi connectivity index (χ1v) is 7.50. The van der Waals surface area contributed by atoms with Crippen molar-refractivity contribution in [2.45, 2.75) is 19.4 Å². The average Bonchev–Trinajstić information content (AvgIpc) is 2.78. The van der Waals surface area contributed by atoms with Crippen LogP contribution in [0.25, 0.3) is 0 Å². The summed E-state index contributed by atoms with van der Waals surface area (Å²) in [6.45, 7) is 3.48. The number of hydrogen-bond acceptors (Lipinski definition) is 4. The molecule has 0 bridgehead atoms. The summed E-state index contributed by atoms with van der Waals surface area (Å²) in [5, 5.41) is 10.3. The van der Waals surface area contributed by atoms with Gasteiger partial charge in [0.1, 0.15) is 18.5 Å². The average molecular weight is 300 g/mol. The van der Waals surface area contributed by atoms with Gasteiger partial charge in [-0.15, -0.1) is 0 Å². The molecule has 1 atom stereocenters. The molecule has 0 amide bonds. The van der Waals surface area contributed by atoms with Crippen molar-refractivity contribution in [1.29, 1.82) is 0 Å². The van der Waals surface area contributed by atoms with Crippen LogP contribution in [0.1, 0.15) is 23.7 Å². The van der Waals surface area contributed by atoms with E-state index in [0.717, 1.165) is 23.3 Å². The van der Waals surface area contributed by atoms with Crippen molar-refractivity contribution in [1.82, 2.24) is 0 Å². The number of fused-ring (bicyclic) bond motifs is 1. The maximum atomic E-state index is 10.3. The quantitative estimate of drug-likeness (QED) is 0.941. The second-order valence-corrected chi connectivity index (χ2v) is 5.34. The minimum atomic E-state index is -0.655. The summed E-state index contributed by atoms with van der Waals surface area (Å²) in [5.41, 5.74) is 1.94. The lowest BCUT2D eigenvalue weighted by atomic mass is 10.0. The Morgan fingerprint density at radius 2 is 1.86 bits per heavy atom. The van der Waals surface area contributed by atoms with Gasteiger partial charge in [0.25, 0.3) is 0 Å². The van der Waals surface area contributed by atoms with Crippen LogP contribution < -0.4 is 14.2 Å². The molecular weight excluding hydrogens is 280 g/mol. The standard InChI is InChI=1S/C18H20O4/c1-13-5-2-3-6-15(13)16(19)12-22-14-7-8-17-18(11-14)21-10-4-9-20-17/h2-3,5-8,11,16,19H,4,9-10,12H2,1H3. The second kappa shape index (κ2) is 6.71. The van der Waals surface area contributed by atoms with Crippen molar-refractivity contribution < 1.29 is 19.3 Å². The third kappa shape index (κ3) is 3.34. The zero-order valence-electron chi connectivity index (χ0n) is 12.6. The van der Waals surface area contributed by atoms with Crippen LogP contribution in [0.4, 0.5) is 0 Å². The highest BCUT2D eigenvalue weighted by Crippen LogP contribution is 2.33. The summed E-state index contributed by atoms with van der Waals surface area (Å²) in [4.78, 5) is 0. The number of aliphatic hydroxyl groups is 1. The summed E-state index contributed by atoms with van der Waals surface area (Å²) in [5.74, 6) is 2.10. The summed E-state index contributed by atoms with van der Waals surface area (Å²) in [6, 6.07) is 13.2. The zero-order chi connectivity index (χ0) is 15.4. The van der Waals surface area contributed by atoms with Crippen molar-refractivity contribution in [3.8, 4) is 17.2 Å². The summed E-state index contributed by atoms with van der Waals surface area (Å²) in [6.07, 6.45) is 0.217. The first-order valence-electron chi connectivity index (χ1n) is 7.50. The number of rotatable bonds is 4. The molecule has 22 heavy (non-hydrogen) atoms. The number of hydrogen-bond donors (Lipinski definition) is 1. The van der Waals surface area contributed by atoms with E-state index in [2.05, 4.69) is 0 Å². The molecule has 1 unspecified atom stereocenters. The largest absolute Gasteiger partial charge is 0.490 e. The van der Waals surface area contributed by atoms with Gasteiger partial charge in [0.15, 0.2) is 11.5 Å². The topological polar surface area (TPSA) is 47.9 Å². The molecule has 1 aliphatic heterocycles. The van der Waals surface area contributed by atoms with E-state index >= 15 is 0 Å².